The van der Waals surface area contributed by atoms with Gasteiger partial charge in [0.2, 0.25) is 11.8 Å². The largest absolute Gasteiger partial charge is 0.360 e. The molecule has 2 amide bonds. The Balaban J connectivity index is 1.60. The maximum Gasteiger partial charge on any atom is 0.239 e. The van der Waals surface area contributed by atoms with Crippen molar-refractivity contribution in [2.45, 2.75) is 13.3 Å². The Morgan fingerprint density at radius 3 is 2.25 bits per heavy atom. The van der Waals surface area contributed by atoms with E-state index in [-0.39, 0.29) is 35.5 Å². The Bertz CT molecular complexity index is 640. The highest BCUT2D eigenvalue weighted by Gasteiger charge is 2.67. The van der Waals surface area contributed by atoms with E-state index in [1.54, 1.807) is 13.0 Å². The molecule has 1 aromatic heterocycles. The zero-order valence-electron chi connectivity index (χ0n) is 11.0. The van der Waals surface area contributed by atoms with E-state index in [4.69, 9.17) is 4.52 Å². The molecule has 5 heteroatoms. The fraction of sp³-hybridized carbons (Fsp3) is 0.533. The quantitative estimate of drug-likeness (QED) is 0.573. The van der Waals surface area contributed by atoms with E-state index in [1.807, 2.05) is 0 Å². The number of amides is 2. The number of hydrogen-bond donors (Lipinski definition) is 0. The number of carbonyl (C=O) groups is 2. The Morgan fingerprint density at radius 2 is 1.75 bits per heavy atom. The maximum atomic E-state index is 12.7. The SMILES string of the molecule is Cc1cc(N2C(=O)[C@@H]3[C@H]4C=C[C@@H]([C@@H]5C[C@H]45)[C@@H]3C2=O)no1. The first-order valence-corrected chi connectivity index (χ1v) is 7.16. The molecule has 0 unspecified atom stereocenters. The first-order chi connectivity index (χ1) is 9.66. The van der Waals surface area contributed by atoms with Crippen LogP contribution in [0.4, 0.5) is 5.82 Å². The van der Waals surface area contributed by atoms with Gasteiger partial charge in [0.05, 0.1) is 11.8 Å². The molecular weight excluding hydrogens is 256 g/mol. The van der Waals surface area contributed by atoms with Crippen LogP contribution in [0.5, 0.6) is 0 Å². The van der Waals surface area contributed by atoms with E-state index in [2.05, 4.69) is 17.3 Å². The van der Waals surface area contributed by atoms with Gasteiger partial charge in [-0.05, 0) is 37.0 Å². The fourth-order valence-corrected chi connectivity index (χ4v) is 4.64. The van der Waals surface area contributed by atoms with Gasteiger partial charge < -0.3 is 4.52 Å². The summed E-state index contributed by atoms with van der Waals surface area (Å²) < 4.78 is 5.01. The Hall–Kier alpha value is -1.91. The molecule has 1 aliphatic heterocycles. The highest BCUT2D eigenvalue weighted by atomic mass is 16.5. The summed E-state index contributed by atoms with van der Waals surface area (Å²) in [5.74, 6) is 2.21. The van der Waals surface area contributed by atoms with Gasteiger partial charge in [-0.1, -0.05) is 17.3 Å². The molecule has 5 nitrogen and oxygen atoms in total. The second kappa shape index (κ2) is 3.22. The van der Waals surface area contributed by atoms with Crippen LogP contribution in [0.1, 0.15) is 12.2 Å². The molecule has 5 aliphatic rings. The number of imide groups is 1. The van der Waals surface area contributed by atoms with Crippen molar-refractivity contribution in [2.24, 2.45) is 35.5 Å². The molecule has 0 N–H and O–H groups in total. The highest BCUT2D eigenvalue weighted by molar-refractivity contribution is 6.22. The Morgan fingerprint density at radius 1 is 1.15 bits per heavy atom. The van der Waals surface area contributed by atoms with Gasteiger partial charge in [0, 0.05) is 6.07 Å². The molecule has 20 heavy (non-hydrogen) atoms. The number of aromatic nitrogens is 1. The molecule has 2 bridgehead atoms. The Labute approximate surface area is 115 Å². The summed E-state index contributed by atoms with van der Waals surface area (Å²) in [7, 11) is 0. The van der Waals surface area contributed by atoms with E-state index >= 15 is 0 Å². The summed E-state index contributed by atoms with van der Waals surface area (Å²) in [5.41, 5.74) is 0. The smallest absolute Gasteiger partial charge is 0.239 e. The molecule has 6 rings (SSSR count). The van der Waals surface area contributed by atoms with Crippen LogP contribution in [0.3, 0.4) is 0 Å². The lowest BCUT2D eigenvalue weighted by Crippen LogP contribution is -2.40. The van der Waals surface area contributed by atoms with Crippen molar-refractivity contribution >= 4 is 17.6 Å². The van der Waals surface area contributed by atoms with E-state index in [0.29, 0.717) is 23.4 Å². The number of carbonyl (C=O) groups excluding carboxylic acids is 2. The van der Waals surface area contributed by atoms with Gasteiger partial charge in [0.25, 0.3) is 0 Å². The Kier molecular flexibility index (Phi) is 1.74. The summed E-state index contributed by atoms with van der Waals surface area (Å²) in [5, 5.41) is 3.85. The molecule has 0 radical (unpaired) electrons. The normalized spacial score (nSPS) is 44.0. The number of nitrogens with zero attached hydrogens (tertiary/aromatic N) is 2. The van der Waals surface area contributed by atoms with E-state index in [9.17, 15) is 9.59 Å². The van der Waals surface area contributed by atoms with Crippen LogP contribution in [0.2, 0.25) is 0 Å². The lowest BCUT2D eigenvalue weighted by Gasteiger charge is -2.37. The predicted octanol–water partition coefficient (Wildman–Crippen LogP) is 1.54. The third kappa shape index (κ3) is 1.09. The molecule has 0 spiro atoms. The minimum atomic E-state index is -0.168. The van der Waals surface area contributed by atoms with E-state index < -0.39 is 0 Å². The van der Waals surface area contributed by atoms with Crippen molar-refractivity contribution in [1.82, 2.24) is 5.16 Å². The minimum absolute atomic E-state index is 0.0852. The van der Waals surface area contributed by atoms with Crippen molar-refractivity contribution in [3.05, 3.63) is 24.0 Å². The van der Waals surface area contributed by atoms with Crippen molar-refractivity contribution in [2.75, 3.05) is 4.90 Å². The third-order valence-corrected chi connectivity index (χ3v) is 5.51. The molecule has 0 aromatic carbocycles. The average Bonchev–Trinajstić information content (AvgIpc) is 3.10. The molecule has 3 fully saturated rings. The summed E-state index contributed by atoms with van der Waals surface area (Å²) in [6.45, 7) is 1.76. The first-order valence-electron chi connectivity index (χ1n) is 7.16. The molecule has 102 valence electrons. The molecule has 1 saturated heterocycles. The van der Waals surface area contributed by atoms with Gasteiger partial charge in [-0.15, -0.1) is 0 Å². The highest BCUT2D eigenvalue weighted by Crippen LogP contribution is 2.65. The second-order valence-electron chi connectivity index (χ2n) is 6.46. The van der Waals surface area contributed by atoms with Crippen LogP contribution in [0.15, 0.2) is 22.7 Å². The lowest BCUT2D eigenvalue weighted by molar-refractivity contribution is -0.124. The number of anilines is 1. The van der Waals surface area contributed by atoms with Crippen LogP contribution in [-0.2, 0) is 9.59 Å². The van der Waals surface area contributed by atoms with Crippen molar-refractivity contribution < 1.29 is 14.1 Å². The third-order valence-electron chi connectivity index (χ3n) is 5.51. The fourth-order valence-electron chi connectivity index (χ4n) is 4.64. The molecule has 6 atom stereocenters. The van der Waals surface area contributed by atoms with Crippen LogP contribution >= 0.6 is 0 Å². The lowest BCUT2D eigenvalue weighted by atomic mass is 9.63. The summed E-state index contributed by atoms with van der Waals surface area (Å²) >= 11 is 0. The van der Waals surface area contributed by atoms with Crippen molar-refractivity contribution in [1.29, 1.82) is 0 Å². The molecular formula is C15H14N2O3. The average molecular weight is 270 g/mol. The summed E-state index contributed by atoms with van der Waals surface area (Å²) in [6, 6.07) is 1.66. The van der Waals surface area contributed by atoms with Crippen LogP contribution in [-0.4, -0.2) is 17.0 Å². The maximum absolute atomic E-state index is 12.7. The van der Waals surface area contributed by atoms with Gasteiger partial charge in [-0.3, -0.25) is 9.59 Å². The number of hydrogen-bond acceptors (Lipinski definition) is 4. The molecule has 2 heterocycles. The molecule has 1 aromatic rings. The van der Waals surface area contributed by atoms with Gasteiger partial charge in [0.15, 0.2) is 5.82 Å². The molecule has 2 saturated carbocycles. The van der Waals surface area contributed by atoms with Gasteiger partial charge in [0.1, 0.15) is 5.76 Å². The van der Waals surface area contributed by atoms with Gasteiger partial charge in [-0.25, -0.2) is 4.90 Å². The second-order valence-corrected chi connectivity index (χ2v) is 6.46. The van der Waals surface area contributed by atoms with Gasteiger partial charge in [-0.2, -0.15) is 0 Å². The first kappa shape index (κ1) is 10.8. The van der Waals surface area contributed by atoms with Crippen LogP contribution < -0.4 is 4.90 Å². The monoisotopic (exact) mass is 270 g/mol. The number of aryl methyl sites for hydroxylation is 1. The zero-order valence-corrected chi connectivity index (χ0v) is 11.0. The topological polar surface area (TPSA) is 63.4 Å². The van der Waals surface area contributed by atoms with E-state index in [1.165, 1.54) is 11.3 Å². The summed E-state index contributed by atoms with van der Waals surface area (Å²) in [6.07, 6.45) is 5.52. The molecule has 4 aliphatic carbocycles. The minimum Gasteiger partial charge on any atom is -0.360 e. The standard InChI is InChI=1S/C15H14N2O3/c1-6-4-11(16-20-6)17-14(18)12-7-2-3-8(10-5-9(7)10)13(12)15(17)19/h2-4,7-10,12-13H,5H2,1H3/t7-,8-,9-,10+,12-,13+/m0/s1. The van der Waals surface area contributed by atoms with Crippen molar-refractivity contribution in [3.8, 4) is 0 Å². The summed E-state index contributed by atoms with van der Waals surface area (Å²) in [4.78, 5) is 26.7. The van der Waals surface area contributed by atoms with E-state index in [0.717, 1.165) is 0 Å². The zero-order chi connectivity index (χ0) is 13.6. The van der Waals surface area contributed by atoms with Crippen molar-refractivity contribution in [3.63, 3.8) is 0 Å². The van der Waals surface area contributed by atoms with Crippen LogP contribution in [0.25, 0.3) is 0 Å². The number of allylic oxidation sites excluding steroid dienone is 2. The van der Waals surface area contributed by atoms with Crippen LogP contribution in [0, 0.1) is 42.4 Å². The van der Waals surface area contributed by atoms with Gasteiger partial charge >= 0.3 is 0 Å². The predicted molar refractivity (Wildman–Crippen MR) is 68.4 cm³/mol. The number of rotatable bonds is 1.